The molecule has 10 heavy (non-hydrogen) atoms. The monoisotopic (exact) mass is 245 g/mol. The van der Waals surface area contributed by atoms with Gasteiger partial charge in [-0.25, -0.2) is 0 Å². The quantitative estimate of drug-likeness (QED) is 0.687. The van der Waals surface area contributed by atoms with Crippen molar-refractivity contribution in [3.8, 4) is 0 Å². The molecule has 2 heteroatoms. The molecular weight excluding hydrogens is 237 g/mol. The number of aromatic nitrogens is 1. The van der Waals surface area contributed by atoms with Crippen LogP contribution in [0.4, 0.5) is 0 Å². The van der Waals surface area contributed by atoms with Crippen LogP contribution in [0.3, 0.4) is 0 Å². The Morgan fingerprint density at radius 1 is 1.00 bits per heavy atom. The maximum Gasteiger partial charge on any atom is 0.0453 e. The second-order valence-corrected chi connectivity index (χ2v) is 2.06. The average molecular weight is 245 g/mol. The van der Waals surface area contributed by atoms with Gasteiger partial charge in [-0.05, 0) is 17.5 Å². The summed E-state index contributed by atoms with van der Waals surface area (Å²) in [5.74, 6) is 0. The smallest absolute Gasteiger partial charge is 0.0453 e. The molecular formula is C8H8IN. The molecule has 2 aromatic rings. The van der Waals surface area contributed by atoms with Gasteiger partial charge in [-0.3, -0.25) is 0 Å². The Morgan fingerprint density at radius 2 is 1.80 bits per heavy atom. The molecule has 0 fully saturated rings. The molecule has 0 atom stereocenters. The fourth-order valence-corrected chi connectivity index (χ4v) is 0.995. The average Bonchev–Trinajstić information content (AvgIpc) is 2.33. The Hall–Kier alpha value is -0.510. The predicted octanol–water partition coefficient (Wildman–Crippen LogP) is 2.79. The minimum absolute atomic E-state index is 0. The van der Waals surface area contributed by atoms with Gasteiger partial charge >= 0.3 is 0 Å². The number of nitrogens with one attached hydrogen (secondary N) is 1. The van der Waals surface area contributed by atoms with E-state index in [2.05, 4.69) is 23.2 Å². The van der Waals surface area contributed by atoms with Crippen molar-refractivity contribution in [3.63, 3.8) is 0 Å². The summed E-state index contributed by atoms with van der Waals surface area (Å²) in [6.45, 7) is 0. The van der Waals surface area contributed by atoms with E-state index in [-0.39, 0.29) is 24.0 Å². The third-order valence-electron chi connectivity index (χ3n) is 1.46. The highest BCUT2D eigenvalue weighted by Crippen LogP contribution is 2.09. The van der Waals surface area contributed by atoms with Crippen molar-refractivity contribution in [2.24, 2.45) is 0 Å². The fourth-order valence-electron chi connectivity index (χ4n) is 0.995. The van der Waals surface area contributed by atoms with Crippen molar-refractivity contribution >= 4 is 34.9 Å². The SMILES string of the molecule is I.c1ccc2[nH]ccc2c1. The number of aromatic amines is 1. The van der Waals surface area contributed by atoms with E-state index in [0.29, 0.717) is 0 Å². The Bertz CT molecular complexity index is 283. The molecule has 0 radical (unpaired) electrons. The van der Waals surface area contributed by atoms with Crippen molar-refractivity contribution in [3.05, 3.63) is 36.5 Å². The zero-order valence-electron chi connectivity index (χ0n) is 5.37. The van der Waals surface area contributed by atoms with E-state index in [4.69, 9.17) is 0 Å². The number of para-hydroxylation sites is 1. The van der Waals surface area contributed by atoms with Gasteiger partial charge in [0.25, 0.3) is 0 Å². The third-order valence-corrected chi connectivity index (χ3v) is 1.46. The largest absolute Gasteiger partial charge is 0.361 e. The van der Waals surface area contributed by atoms with E-state index in [0.717, 1.165) is 0 Å². The molecule has 0 amide bonds. The molecule has 0 unspecified atom stereocenters. The van der Waals surface area contributed by atoms with Gasteiger partial charge in [-0.2, -0.15) is 0 Å². The molecule has 1 aromatic heterocycles. The number of benzene rings is 1. The molecule has 1 nitrogen and oxygen atoms in total. The summed E-state index contributed by atoms with van der Waals surface area (Å²) in [5.41, 5.74) is 1.21. The van der Waals surface area contributed by atoms with Crippen LogP contribution in [0.15, 0.2) is 36.5 Å². The van der Waals surface area contributed by atoms with Crippen molar-refractivity contribution in [2.75, 3.05) is 0 Å². The van der Waals surface area contributed by atoms with E-state index in [9.17, 15) is 0 Å². The lowest BCUT2D eigenvalue weighted by Gasteiger charge is -1.83. The summed E-state index contributed by atoms with van der Waals surface area (Å²) >= 11 is 0. The summed E-state index contributed by atoms with van der Waals surface area (Å²) in [6.07, 6.45) is 1.95. The highest BCUT2D eigenvalue weighted by Gasteiger charge is 1.86. The highest BCUT2D eigenvalue weighted by molar-refractivity contribution is 14.0. The number of hydrogen-bond donors (Lipinski definition) is 1. The first-order chi connectivity index (χ1) is 4.47. The minimum atomic E-state index is 0. The van der Waals surface area contributed by atoms with Crippen LogP contribution >= 0.6 is 24.0 Å². The predicted molar refractivity (Wildman–Crippen MR) is 53.7 cm³/mol. The minimum Gasteiger partial charge on any atom is -0.361 e. The van der Waals surface area contributed by atoms with E-state index in [1.165, 1.54) is 10.9 Å². The van der Waals surface area contributed by atoms with Gasteiger partial charge in [-0.1, -0.05) is 18.2 Å². The lowest BCUT2D eigenvalue weighted by Crippen LogP contribution is -1.61. The van der Waals surface area contributed by atoms with E-state index < -0.39 is 0 Å². The highest BCUT2D eigenvalue weighted by atomic mass is 127. The number of hydrogen-bond acceptors (Lipinski definition) is 0. The van der Waals surface area contributed by atoms with Crippen LogP contribution in [-0.2, 0) is 0 Å². The van der Waals surface area contributed by atoms with Crippen molar-refractivity contribution in [1.82, 2.24) is 4.98 Å². The number of rotatable bonds is 0. The van der Waals surface area contributed by atoms with E-state index >= 15 is 0 Å². The normalized spacial score (nSPS) is 9.20. The van der Waals surface area contributed by atoms with Crippen molar-refractivity contribution in [1.29, 1.82) is 0 Å². The zero-order valence-corrected chi connectivity index (χ0v) is 7.70. The topological polar surface area (TPSA) is 15.8 Å². The van der Waals surface area contributed by atoms with E-state index in [1.54, 1.807) is 0 Å². The first kappa shape index (κ1) is 7.60. The van der Waals surface area contributed by atoms with E-state index in [1.807, 2.05) is 18.3 Å². The van der Waals surface area contributed by atoms with Crippen LogP contribution in [0, 0.1) is 0 Å². The summed E-state index contributed by atoms with van der Waals surface area (Å²) in [6, 6.07) is 10.3. The second kappa shape index (κ2) is 3.05. The Morgan fingerprint density at radius 3 is 2.60 bits per heavy atom. The first-order valence-electron chi connectivity index (χ1n) is 2.99. The molecule has 0 aliphatic heterocycles. The summed E-state index contributed by atoms with van der Waals surface area (Å²) in [7, 11) is 0. The van der Waals surface area contributed by atoms with Crippen molar-refractivity contribution in [2.45, 2.75) is 0 Å². The van der Waals surface area contributed by atoms with Crippen LogP contribution in [0.1, 0.15) is 0 Å². The zero-order chi connectivity index (χ0) is 6.10. The summed E-state index contributed by atoms with van der Waals surface area (Å²) in [5, 5.41) is 1.28. The lowest BCUT2D eigenvalue weighted by molar-refractivity contribution is 1.48. The summed E-state index contributed by atoms with van der Waals surface area (Å²) < 4.78 is 0. The Kier molecular flexibility index (Phi) is 2.32. The lowest BCUT2D eigenvalue weighted by atomic mass is 10.3. The molecule has 1 N–H and O–H groups in total. The van der Waals surface area contributed by atoms with Crippen LogP contribution in [0.25, 0.3) is 10.9 Å². The van der Waals surface area contributed by atoms with Gasteiger partial charge in [0.05, 0.1) is 0 Å². The van der Waals surface area contributed by atoms with Crippen LogP contribution in [-0.4, -0.2) is 4.98 Å². The van der Waals surface area contributed by atoms with Gasteiger partial charge in [0.1, 0.15) is 0 Å². The van der Waals surface area contributed by atoms with Crippen LogP contribution in [0.5, 0.6) is 0 Å². The number of H-pyrrole nitrogens is 1. The maximum atomic E-state index is 3.12. The number of fused-ring (bicyclic) bond motifs is 1. The standard InChI is InChI=1S/C8H7N.HI/c1-2-4-8-7(3-1)5-6-9-8;/h1-6,9H;1H. The molecule has 0 aliphatic rings. The van der Waals surface area contributed by atoms with Gasteiger partial charge in [0.15, 0.2) is 0 Å². The van der Waals surface area contributed by atoms with Gasteiger partial charge in [0.2, 0.25) is 0 Å². The van der Waals surface area contributed by atoms with Gasteiger partial charge in [-0.15, -0.1) is 24.0 Å². The number of halogens is 1. The molecule has 0 bridgehead atoms. The van der Waals surface area contributed by atoms with Gasteiger partial charge < -0.3 is 4.98 Å². The molecule has 1 heterocycles. The molecule has 0 spiro atoms. The molecule has 0 saturated heterocycles. The summed E-state index contributed by atoms with van der Waals surface area (Å²) in [4.78, 5) is 3.12. The molecule has 0 aliphatic carbocycles. The Labute approximate surface area is 76.5 Å². The Balaban J connectivity index is 0.000000500. The third kappa shape index (κ3) is 1.16. The maximum absolute atomic E-state index is 3.12. The van der Waals surface area contributed by atoms with Crippen LogP contribution in [0.2, 0.25) is 0 Å². The fraction of sp³-hybridized carbons (Fsp3) is 0. The molecule has 52 valence electrons. The molecule has 0 saturated carbocycles. The van der Waals surface area contributed by atoms with Crippen molar-refractivity contribution < 1.29 is 0 Å². The van der Waals surface area contributed by atoms with Crippen LogP contribution < -0.4 is 0 Å². The second-order valence-electron chi connectivity index (χ2n) is 2.06. The molecule has 2 rings (SSSR count). The first-order valence-corrected chi connectivity index (χ1v) is 2.99. The van der Waals surface area contributed by atoms with Gasteiger partial charge in [0, 0.05) is 11.7 Å². The molecule has 1 aromatic carbocycles.